The Bertz CT molecular complexity index is 273. The van der Waals surface area contributed by atoms with Crippen LogP contribution in [-0.2, 0) is 0 Å². The molecule has 11 heavy (non-hydrogen) atoms. The van der Waals surface area contributed by atoms with Gasteiger partial charge in [0.05, 0.1) is 0 Å². The molecule has 0 saturated carbocycles. The minimum Gasteiger partial charge on any atom is -0.387 e. The second kappa shape index (κ2) is 3.53. The number of rotatable bonds is 2. The van der Waals surface area contributed by atoms with Crippen LogP contribution in [0, 0.1) is 0 Å². The zero-order valence-corrected chi connectivity index (χ0v) is 7.68. The number of benzene rings is 1. The molecule has 0 radical (unpaired) electrons. The first-order valence-electron chi connectivity index (χ1n) is 3.20. The lowest BCUT2D eigenvalue weighted by atomic mass is 10.2. The summed E-state index contributed by atoms with van der Waals surface area (Å²) in [5, 5.41) is 2.98. The maximum atomic E-state index is 10.3. The van der Waals surface area contributed by atoms with Gasteiger partial charge in [-0.25, -0.2) is 0 Å². The van der Waals surface area contributed by atoms with Crippen LogP contribution >= 0.6 is 15.9 Å². The smallest absolute Gasteiger partial charge is 0.150 e. The van der Waals surface area contributed by atoms with Crippen molar-refractivity contribution in [3.8, 4) is 0 Å². The van der Waals surface area contributed by atoms with Gasteiger partial charge in [0.25, 0.3) is 0 Å². The van der Waals surface area contributed by atoms with Crippen molar-refractivity contribution in [3.05, 3.63) is 28.2 Å². The van der Waals surface area contributed by atoms with Crippen LogP contribution < -0.4 is 5.32 Å². The molecule has 1 aromatic rings. The lowest BCUT2D eigenvalue weighted by molar-refractivity contribution is 0.112. The number of nitrogens with one attached hydrogen (secondary N) is 1. The first-order chi connectivity index (χ1) is 5.27. The van der Waals surface area contributed by atoms with E-state index in [1.807, 2.05) is 13.1 Å². The molecule has 0 aliphatic carbocycles. The molecule has 0 aliphatic rings. The van der Waals surface area contributed by atoms with Crippen molar-refractivity contribution in [1.82, 2.24) is 0 Å². The Morgan fingerprint density at radius 2 is 2.27 bits per heavy atom. The monoisotopic (exact) mass is 213 g/mol. The number of carbonyl (C=O) groups excluding carboxylic acids is 1. The van der Waals surface area contributed by atoms with E-state index in [0.717, 1.165) is 16.4 Å². The highest BCUT2D eigenvalue weighted by Gasteiger charge is 1.97. The number of aldehydes is 1. The van der Waals surface area contributed by atoms with Crippen molar-refractivity contribution in [2.24, 2.45) is 0 Å². The van der Waals surface area contributed by atoms with Crippen LogP contribution in [0.1, 0.15) is 10.4 Å². The minimum atomic E-state index is 0.677. The third-order valence-corrected chi connectivity index (χ3v) is 2.05. The van der Waals surface area contributed by atoms with Gasteiger partial charge < -0.3 is 5.32 Å². The number of halogens is 1. The highest BCUT2D eigenvalue weighted by atomic mass is 79.9. The molecular weight excluding hydrogens is 206 g/mol. The Labute approximate surface area is 73.7 Å². The Morgan fingerprint density at radius 3 is 2.73 bits per heavy atom. The maximum Gasteiger partial charge on any atom is 0.150 e. The number of hydrogen-bond acceptors (Lipinski definition) is 2. The fourth-order valence-corrected chi connectivity index (χ4v) is 1.40. The number of carbonyl (C=O) groups is 1. The van der Waals surface area contributed by atoms with Crippen LogP contribution in [-0.4, -0.2) is 13.3 Å². The van der Waals surface area contributed by atoms with E-state index >= 15 is 0 Å². The van der Waals surface area contributed by atoms with Crippen molar-refractivity contribution in [2.75, 3.05) is 12.4 Å². The first-order valence-corrected chi connectivity index (χ1v) is 3.99. The summed E-state index contributed by atoms with van der Waals surface area (Å²) in [5.74, 6) is 0. The molecule has 0 bridgehead atoms. The molecule has 0 amide bonds. The third kappa shape index (κ3) is 1.80. The quantitative estimate of drug-likeness (QED) is 0.765. The molecule has 0 fully saturated rings. The predicted octanol–water partition coefficient (Wildman–Crippen LogP) is 2.30. The van der Waals surface area contributed by atoms with Crippen LogP contribution in [0.4, 0.5) is 5.69 Å². The molecule has 1 N–H and O–H groups in total. The van der Waals surface area contributed by atoms with E-state index < -0.39 is 0 Å². The van der Waals surface area contributed by atoms with Gasteiger partial charge in [-0.2, -0.15) is 0 Å². The molecular formula is C8H8BrNO. The van der Waals surface area contributed by atoms with Gasteiger partial charge in [-0.3, -0.25) is 4.79 Å². The second-order valence-electron chi connectivity index (χ2n) is 2.11. The van der Waals surface area contributed by atoms with Gasteiger partial charge in [0, 0.05) is 22.8 Å². The van der Waals surface area contributed by atoms with E-state index in [1.165, 1.54) is 0 Å². The molecule has 58 valence electrons. The first kappa shape index (κ1) is 8.27. The van der Waals surface area contributed by atoms with Gasteiger partial charge in [0.1, 0.15) is 6.29 Å². The van der Waals surface area contributed by atoms with E-state index in [4.69, 9.17) is 0 Å². The average molecular weight is 214 g/mol. The normalized spacial score (nSPS) is 9.27. The van der Waals surface area contributed by atoms with Gasteiger partial charge >= 0.3 is 0 Å². The second-order valence-corrected chi connectivity index (χ2v) is 2.96. The van der Waals surface area contributed by atoms with Crippen LogP contribution in [0.2, 0.25) is 0 Å². The maximum absolute atomic E-state index is 10.3. The zero-order chi connectivity index (χ0) is 8.27. The van der Waals surface area contributed by atoms with E-state index in [9.17, 15) is 4.79 Å². The Balaban J connectivity index is 3.09. The highest BCUT2D eigenvalue weighted by molar-refractivity contribution is 9.10. The minimum absolute atomic E-state index is 0.677. The summed E-state index contributed by atoms with van der Waals surface area (Å²) in [6, 6.07) is 5.40. The summed E-state index contributed by atoms with van der Waals surface area (Å²) in [6.45, 7) is 0. The van der Waals surface area contributed by atoms with Gasteiger partial charge in [-0.1, -0.05) is 0 Å². The van der Waals surface area contributed by atoms with Crippen molar-refractivity contribution >= 4 is 27.9 Å². The van der Waals surface area contributed by atoms with E-state index in [1.54, 1.807) is 12.1 Å². The number of hydrogen-bond donors (Lipinski definition) is 1. The Kier molecular flexibility index (Phi) is 2.65. The fourth-order valence-electron chi connectivity index (χ4n) is 0.807. The summed E-state index contributed by atoms with van der Waals surface area (Å²) in [4.78, 5) is 10.3. The van der Waals surface area contributed by atoms with E-state index in [-0.39, 0.29) is 0 Å². The molecule has 0 saturated heterocycles. The zero-order valence-electron chi connectivity index (χ0n) is 6.10. The summed E-state index contributed by atoms with van der Waals surface area (Å²) >= 11 is 3.33. The summed E-state index contributed by atoms with van der Waals surface area (Å²) in [7, 11) is 1.83. The molecule has 3 heteroatoms. The van der Waals surface area contributed by atoms with Gasteiger partial charge in [0.15, 0.2) is 0 Å². The predicted molar refractivity (Wildman–Crippen MR) is 49.1 cm³/mol. The highest BCUT2D eigenvalue weighted by Crippen LogP contribution is 2.22. The van der Waals surface area contributed by atoms with E-state index in [0.29, 0.717) is 5.56 Å². The molecule has 0 aliphatic heterocycles. The molecule has 2 nitrogen and oxygen atoms in total. The van der Waals surface area contributed by atoms with Crippen LogP contribution in [0.5, 0.6) is 0 Å². The summed E-state index contributed by atoms with van der Waals surface area (Å²) in [5.41, 5.74) is 1.66. The van der Waals surface area contributed by atoms with Crippen molar-refractivity contribution in [1.29, 1.82) is 0 Å². The molecule has 0 aromatic heterocycles. The lowest BCUT2D eigenvalue weighted by Gasteiger charge is -2.02. The van der Waals surface area contributed by atoms with Crippen molar-refractivity contribution < 1.29 is 4.79 Å². The van der Waals surface area contributed by atoms with Crippen LogP contribution in [0.3, 0.4) is 0 Å². The Hall–Kier alpha value is -0.830. The largest absolute Gasteiger partial charge is 0.387 e. The SMILES string of the molecule is CNc1ccc(C=O)cc1Br. The van der Waals surface area contributed by atoms with Gasteiger partial charge in [-0.05, 0) is 34.1 Å². The topological polar surface area (TPSA) is 29.1 Å². The summed E-state index contributed by atoms with van der Waals surface area (Å²) in [6.07, 6.45) is 0.824. The van der Waals surface area contributed by atoms with Crippen molar-refractivity contribution in [3.63, 3.8) is 0 Å². The average Bonchev–Trinajstić information content (AvgIpc) is 2.04. The summed E-state index contributed by atoms with van der Waals surface area (Å²) < 4.78 is 0.907. The number of anilines is 1. The van der Waals surface area contributed by atoms with E-state index in [2.05, 4.69) is 21.2 Å². The molecule has 0 unspecified atom stereocenters. The molecule has 1 rings (SSSR count). The third-order valence-electron chi connectivity index (χ3n) is 1.40. The standard InChI is InChI=1S/C8H8BrNO/c1-10-8-3-2-6(5-11)4-7(8)9/h2-5,10H,1H3. The molecule has 0 heterocycles. The fraction of sp³-hybridized carbons (Fsp3) is 0.125. The lowest BCUT2D eigenvalue weighted by Crippen LogP contribution is -1.89. The van der Waals surface area contributed by atoms with Crippen molar-refractivity contribution in [2.45, 2.75) is 0 Å². The molecule has 1 aromatic carbocycles. The van der Waals surface area contributed by atoms with Gasteiger partial charge in [0.2, 0.25) is 0 Å². The van der Waals surface area contributed by atoms with Crippen LogP contribution in [0.25, 0.3) is 0 Å². The molecule has 0 atom stereocenters. The van der Waals surface area contributed by atoms with Crippen LogP contribution in [0.15, 0.2) is 22.7 Å². The molecule has 0 spiro atoms. The van der Waals surface area contributed by atoms with Gasteiger partial charge in [-0.15, -0.1) is 0 Å². The Morgan fingerprint density at radius 1 is 1.55 bits per heavy atom.